The zero-order chi connectivity index (χ0) is 18.6. The van der Waals surface area contributed by atoms with Crippen LogP contribution in [0, 0.1) is 0 Å². The molecule has 0 atom stereocenters. The first-order valence-electron chi connectivity index (χ1n) is 9.02. The van der Waals surface area contributed by atoms with Crippen LogP contribution in [0.5, 0.6) is 11.5 Å². The molecule has 8 heteroatoms. The first kappa shape index (κ1) is 20.2. The third-order valence-corrected chi connectivity index (χ3v) is 4.53. The van der Waals surface area contributed by atoms with Crippen molar-refractivity contribution in [3.8, 4) is 11.5 Å². The molecule has 148 valence electrons. The summed E-state index contributed by atoms with van der Waals surface area (Å²) >= 11 is 0. The van der Waals surface area contributed by atoms with Crippen LogP contribution in [0.3, 0.4) is 0 Å². The van der Waals surface area contributed by atoms with Gasteiger partial charge in [-0.05, 0) is 24.3 Å². The van der Waals surface area contributed by atoms with Gasteiger partial charge in [0.1, 0.15) is 5.82 Å². The Labute approximate surface area is 181 Å². The molecular weight excluding hydrogens is 469 g/mol. The SMILES string of the molecule is CN=C(NCc1nc2ccccc2n1C)Nc1ccc2c(c1)OCCCO2.I. The molecule has 0 saturated heterocycles. The predicted molar refractivity (Wildman–Crippen MR) is 122 cm³/mol. The van der Waals surface area contributed by atoms with Crippen molar-refractivity contribution in [2.24, 2.45) is 12.0 Å². The van der Waals surface area contributed by atoms with Gasteiger partial charge in [-0.15, -0.1) is 24.0 Å². The highest BCUT2D eigenvalue weighted by Crippen LogP contribution is 2.32. The summed E-state index contributed by atoms with van der Waals surface area (Å²) in [5.41, 5.74) is 2.99. The molecule has 2 N–H and O–H groups in total. The zero-order valence-electron chi connectivity index (χ0n) is 15.9. The van der Waals surface area contributed by atoms with Crippen molar-refractivity contribution in [3.05, 3.63) is 48.3 Å². The monoisotopic (exact) mass is 493 g/mol. The van der Waals surface area contributed by atoms with E-state index < -0.39 is 0 Å². The Morgan fingerprint density at radius 2 is 1.93 bits per heavy atom. The van der Waals surface area contributed by atoms with E-state index in [0.29, 0.717) is 25.7 Å². The quantitative estimate of drug-likeness (QED) is 0.332. The Hall–Kier alpha value is -2.49. The van der Waals surface area contributed by atoms with Gasteiger partial charge < -0.3 is 24.7 Å². The van der Waals surface area contributed by atoms with Gasteiger partial charge in [-0.3, -0.25) is 4.99 Å². The van der Waals surface area contributed by atoms with E-state index in [2.05, 4.69) is 31.2 Å². The number of aliphatic imine (C=N–C) groups is 1. The largest absolute Gasteiger partial charge is 0.490 e. The van der Waals surface area contributed by atoms with Crippen LogP contribution in [0.25, 0.3) is 11.0 Å². The first-order chi connectivity index (χ1) is 13.2. The Morgan fingerprint density at radius 3 is 2.71 bits per heavy atom. The fourth-order valence-corrected chi connectivity index (χ4v) is 3.07. The summed E-state index contributed by atoms with van der Waals surface area (Å²) < 4.78 is 13.5. The van der Waals surface area contributed by atoms with E-state index in [1.807, 2.05) is 43.4 Å². The van der Waals surface area contributed by atoms with Gasteiger partial charge in [0.2, 0.25) is 0 Å². The Bertz CT molecular complexity index is 986. The maximum atomic E-state index is 5.74. The zero-order valence-corrected chi connectivity index (χ0v) is 18.3. The molecule has 0 saturated carbocycles. The third kappa shape index (κ3) is 4.32. The fourth-order valence-electron chi connectivity index (χ4n) is 3.07. The van der Waals surface area contributed by atoms with E-state index in [4.69, 9.17) is 9.47 Å². The molecule has 0 radical (unpaired) electrons. The molecule has 28 heavy (non-hydrogen) atoms. The second kappa shape index (κ2) is 9.13. The smallest absolute Gasteiger partial charge is 0.195 e. The fraction of sp³-hybridized carbons (Fsp3) is 0.300. The summed E-state index contributed by atoms with van der Waals surface area (Å²) in [4.78, 5) is 8.97. The summed E-state index contributed by atoms with van der Waals surface area (Å²) in [6, 6.07) is 13.9. The number of imidazole rings is 1. The van der Waals surface area contributed by atoms with Crippen LogP contribution in [-0.4, -0.2) is 35.8 Å². The highest BCUT2D eigenvalue weighted by Gasteiger charge is 2.12. The molecule has 0 bridgehead atoms. The van der Waals surface area contributed by atoms with Crippen molar-refractivity contribution in [1.29, 1.82) is 0 Å². The number of hydrogen-bond acceptors (Lipinski definition) is 4. The van der Waals surface area contributed by atoms with Crippen LogP contribution in [0.15, 0.2) is 47.5 Å². The molecule has 0 fully saturated rings. The number of halogens is 1. The van der Waals surface area contributed by atoms with Crippen molar-refractivity contribution in [1.82, 2.24) is 14.9 Å². The van der Waals surface area contributed by atoms with E-state index in [-0.39, 0.29) is 24.0 Å². The number of nitrogens with one attached hydrogen (secondary N) is 2. The second-order valence-corrected chi connectivity index (χ2v) is 6.34. The molecule has 1 aromatic heterocycles. The Balaban J connectivity index is 0.00000225. The van der Waals surface area contributed by atoms with Gasteiger partial charge in [0.25, 0.3) is 0 Å². The Morgan fingerprint density at radius 1 is 1.14 bits per heavy atom. The number of guanidine groups is 1. The minimum Gasteiger partial charge on any atom is -0.490 e. The van der Waals surface area contributed by atoms with Gasteiger partial charge in [0.15, 0.2) is 17.5 Å². The van der Waals surface area contributed by atoms with Crippen LogP contribution in [-0.2, 0) is 13.6 Å². The summed E-state index contributed by atoms with van der Waals surface area (Å²) in [6.07, 6.45) is 0.888. The lowest BCUT2D eigenvalue weighted by atomic mass is 10.3. The highest BCUT2D eigenvalue weighted by atomic mass is 127. The topological polar surface area (TPSA) is 72.7 Å². The summed E-state index contributed by atoms with van der Waals surface area (Å²) in [5, 5.41) is 6.60. The molecule has 0 spiro atoms. The number of para-hydroxylation sites is 2. The molecule has 3 aromatic rings. The van der Waals surface area contributed by atoms with Crippen molar-refractivity contribution in [2.75, 3.05) is 25.6 Å². The molecule has 2 aromatic carbocycles. The Kier molecular flexibility index (Phi) is 6.61. The number of hydrogen-bond donors (Lipinski definition) is 2. The molecular formula is C20H24IN5O2. The standard InChI is InChI=1S/C20H23N5O2.HI/c1-21-20(22-13-19-24-15-6-3-4-7-16(15)25(19)2)23-14-8-9-17-18(12-14)27-11-5-10-26-17;/h3-4,6-9,12H,5,10-11,13H2,1-2H3,(H2,21,22,23);1H. The molecule has 0 amide bonds. The first-order valence-corrected chi connectivity index (χ1v) is 9.02. The van der Waals surface area contributed by atoms with Crippen molar-refractivity contribution >= 4 is 46.7 Å². The number of benzene rings is 2. The summed E-state index contributed by atoms with van der Waals surface area (Å²) in [6.45, 7) is 1.91. The van der Waals surface area contributed by atoms with E-state index in [1.54, 1.807) is 7.05 Å². The lowest BCUT2D eigenvalue weighted by Crippen LogP contribution is -2.31. The van der Waals surface area contributed by atoms with Crippen LogP contribution in [0.2, 0.25) is 0 Å². The van der Waals surface area contributed by atoms with Crippen molar-refractivity contribution < 1.29 is 9.47 Å². The molecule has 0 unspecified atom stereocenters. The molecule has 7 nitrogen and oxygen atoms in total. The van der Waals surface area contributed by atoms with E-state index in [1.165, 1.54) is 0 Å². The average molecular weight is 493 g/mol. The highest BCUT2D eigenvalue weighted by molar-refractivity contribution is 14.0. The van der Waals surface area contributed by atoms with E-state index in [9.17, 15) is 0 Å². The van der Waals surface area contributed by atoms with Crippen LogP contribution in [0.4, 0.5) is 5.69 Å². The van der Waals surface area contributed by atoms with Gasteiger partial charge in [-0.2, -0.15) is 0 Å². The van der Waals surface area contributed by atoms with Crippen molar-refractivity contribution in [3.63, 3.8) is 0 Å². The summed E-state index contributed by atoms with van der Waals surface area (Å²) in [5.74, 6) is 3.14. The number of anilines is 1. The lowest BCUT2D eigenvalue weighted by Gasteiger charge is -2.14. The van der Waals surface area contributed by atoms with E-state index in [0.717, 1.165) is 40.5 Å². The van der Waals surface area contributed by atoms with Crippen molar-refractivity contribution in [2.45, 2.75) is 13.0 Å². The number of fused-ring (bicyclic) bond motifs is 2. The summed E-state index contributed by atoms with van der Waals surface area (Å²) in [7, 11) is 3.76. The average Bonchev–Trinajstić information content (AvgIpc) is 2.86. The number of ether oxygens (including phenoxy) is 2. The van der Waals surface area contributed by atoms with Gasteiger partial charge in [0, 0.05) is 32.3 Å². The minimum absolute atomic E-state index is 0. The molecule has 4 rings (SSSR count). The molecule has 1 aliphatic heterocycles. The third-order valence-electron chi connectivity index (χ3n) is 4.53. The van der Waals surface area contributed by atoms with Gasteiger partial charge in [-0.1, -0.05) is 12.1 Å². The molecule has 2 heterocycles. The van der Waals surface area contributed by atoms with Crippen LogP contribution >= 0.6 is 24.0 Å². The second-order valence-electron chi connectivity index (χ2n) is 6.34. The predicted octanol–water partition coefficient (Wildman–Crippen LogP) is 3.54. The number of aryl methyl sites for hydroxylation is 1. The molecule has 0 aliphatic carbocycles. The van der Waals surface area contributed by atoms with Gasteiger partial charge >= 0.3 is 0 Å². The minimum atomic E-state index is 0. The lowest BCUT2D eigenvalue weighted by molar-refractivity contribution is 0.297. The maximum absolute atomic E-state index is 5.74. The van der Waals surface area contributed by atoms with Gasteiger partial charge in [-0.25, -0.2) is 4.98 Å². The maximum Gasteiger partial charge on any atom is 0.195 e. The van der Waals surface area contributed by atoms with Gasteiger partial charge in [0.05, 0.1) is 30.8 Å². The number of aromatic nitrogens is 2. The van der Waals surface area contributed by atoms with Crippen LogP contribution < -0.4 is 20.1 Å². The normalized spacial score (nSPS) is 13.6. The van der Waals surface area contributed by atoms with E-state index >= 15 is 0 Å². The number of rotatable bonds is 3. The van der Waals surface area contributed by atoms with Crippen LogP contribution in [0.1, 0.15) is 12.2 Å². The molecule has 1 aliphatic rings. The number of nitrogens with zero attached hydrogens (tertiary/aromatic N) is 3.